The van der Waals surface area contributed by atoms with Crippen LogP contribution in [0.2, 0.25) is 18.1 Å². The summed E-state index contributed by atoms with van der Waals surface area (Å²) in [6, 6.07) is 17.5. The van der Waals surface area contributed by atoms with Gasteiger partial charge in [-0.25, -0.2) is 0 Å². The number of aliphatic hydroxyl groups is 1. The minimum atomic E-state index is -2.08. The van der Waals surface area contributed by atoms with Crippen LogP contribution in [0.4, 0.5) is 0 Å². The van der Waals surface area contributed by atoms with Gasteiger partial charge < -0.3 is 24.6 Å². The molecule has 0 aliphatic carbocycles. The number of H-pyrrole nitrogens is 1. The molecule has 3 rings (SSSR count). The molecule has 0 aliphatic heterocycles. The molecule has 7 heteroatoms. The van der Waals surface area contributed by atoms with Crippen LogP contribution in [0.1, 0.15) is 63.7 Å². The molecule has 202 valence electrons. The minimum Gasteiger partial charge on any atom is -0.487 e. The quantitative estimate of drug-likeness (QED) is 0.170. The highest BCUT2D eigenvalue weighted by Crippen LogP contribution is 2.41. The number of hydrogen-bond acceptors (Lipinski definition) is 5. The third-order valence-corrected chi connectivity index (χ3v) is 11.8. The van der Waals surface area contributed by atoms with E-state index in [1.165, 1.54) is 0 Å². The van der Waals surface area contributed by atoms with Gasteiger partial charge in [-0.15, -0.1) is 0 Å². The molecule has 0 amide bonds. The summed E-state index contributed by atoms with van der Waals surface area (Å²) in [5.74, 6) is 0.656. The van der Waals surface area contributed by atoms with Crippen LogP contribution in [-0.4, -0.2) is 38.1 Å². The molecule has 0 aliphatic rings. The van der Waals surface area contributed by atoms with E-state index in [9.17, 15) is 4.79 Å². The van der Waals surface area contributed by atoms with Gasteiger partial charge in [0.15, 0.2) is 8.32 Å². The van der Waals surface area contributed by atoms with Crippen molar-refractivity contribution in [2.75, 3.05) is 19.7 Å². The minimum absolute atomic E-state index is 0.0679. The number of pyridine rings is 1. The van der Waals surface area contributed by atoms with Gasteiger partial charge in [0.25, 0.3) is 0 Å². The first kappa shape index (κ1) is 29.1. The summed E-state index contributed by atoms with van der Waals surface area (Å²) >= 11 is 0. The first-order chi connectivity index (χ1) is 17.6. The van der Waals surface area contributed by atoms with Gasteiger partial charge in [0.1, 0.15) is 12.4 Å². The van der Waals surface area contributed by atoms with Crippen molar-refractivity contribution >= 4 is 19.2 Å². The normalized spacial score (nSPS) is 13.1. The Bertz CT molecular complexity index is 1170. The molecule has 37 heavy (non-hydrogen) atoms. The Kier molecular flexibility index (Phi) is 10.5. The number of aromatic amines is 1. The maximum atomic E-state index is 12.3. The van der Waals surface area contributed by atoms with E-state index in [0.717, 1.165) is 48.7 Å². The third kappa shape index (κ3) is 8.27. The molecule has 0 saturated heterocycles. The van der Waals surface area contributed by atoms with Crippen molar-refractivity contribution in [2.45, 2.75) is 77.3 Å². The van der Waals surface area contributed by atoms with Crippen molar-refractivity contribution in [3.05, 3.63) is 76.1 Å². The molecule has 1 heterocycles. The van der Waals surface area contributed by atoms with E-state index < -0.39 is 8.32 Å². The molecule has 0 fully saturated rings. The lowest BCUT2D eigenvalue weighted by Crippen LogP contribution is -2.43. The van der Waals surface area contributed by atoms with Crippen molar-refractivity contribution in [3.63, 3.8) is 0 Å². The van der Waals surface area contributed by atoms with Gasteiger partial charge in [-0.3, -0.25) is 4.79 Å². The summed E-state index contributed by atoms with van der Waals surface area (Å²) in [5.41, 5.74) is 2.67. The number of aliphatic hydroxyl groups excluding tert-OH is 1. The molecule has 1 aromatic heterocycles. The fraction of sp³-hybridized carbons (Fsp3) is 0.500. The van der Waals surface area contributed by atoms with Crippen molar-refractivity contribution in [1.29, 1.82) is 0 Å². The van der Waals surface area contributed by atoms with Crippen molar-refractivity contribution in [3.8, 4) is 5.75 Å². The van der Waals surface area contributed by atoms with E-state index in [1.54, 1.807) is 6.07 Å². The summed E-state index contributed by atoms with van der Waals surface area (Å²) in [6.07, 6.45) is 3.91. The largest absolute Gasteiger partial charge is 0.487 e. The second-order valence-electron chi connectivity index (χ2n) is 11.2. The molecule has 3 N–H and O–H groups in total. The number of hydrogen-bond donors (Lipinski definition) is 3. The molecular formula is C30H44N2O4Si. The van der Waals surface area contributed by atoms with Crippen LogP contribution in [0.25, 0.3) is 10.9 Å². The summed E-state index contributed by atoms with van der Waals surface area (Å²) in [5, 5.41) is 13.6. The van der Waals surface area contributed by atoms with Crippen LogP contribution < -0.4 is 15.6 Å². The topological polar surface area (TPSA) is 83.6 Å². The van der Waals surface area contributed by atoms with Gasteiger partial charge in [-0.1, -0.05) is 70.0 Å². The van der Waals surface area contributed by atoms with E-state index in [1.807, 2.05) is 42.5 Å². The fourth-order valence-corrected chi connectivity index (χ4v) is 5.36. The van der Waals surface area contributed by atoms with Crippen molar-refractivity contribution in [1.82, 2.24) is 10.3 Å². The maximum Gasteiger partial charge on any atom is 0.248 e. The number of ether oxygens (including phenoxy) is 1. The predicted octanol–water partition coefficient (Wildman–Crippen LogP) is 6.31. The average molecular weight is 525 g/mol. The van der Waals surface area contributed by atoms with Crippen LogP contribution in [0.5, 0.6) is 5.75 Å². The highest BCUT2D eigenvalue weighted by molar-refractivity contribution is 6.74. The van der Waals surface area contributed by atoms with E-state index in [-0.39, 0.29) is 23.3 Å². The van der Waals surface area contributed by atoms with Gasteiger partial charge in [0, 0.05) is 24.6 Å². The molecule has 0 unspecified atom stereocenters. The van der Waals surface area contributed by atoms with Crippen LogP contribution in [0.15, 0.2) is 59.4 Å². The Labute approximate surface area is 222 Å². The SMILES string of the molecule is CC(C)(C)[Si](C)(C)O[C@@H](CNCCCCCCO)c1ccc(OCc2ccccc2)c2[nH]c(=O)ccc12. The molecule has 6 nitrogen and oxygen atoms in total. The average Bonchev–Trinajstić information content (AvgIpc) is 2.86. The van der Waals surface area contributed by atoms with Crippen LogP contribution in [0, 0.1) is 0 Å². The Balaban J connectivity index is 1.88. The van der Waals surface area contributed by atoms with E-state index in [2.05, 4.69) is 50.2 Å². The molecule has 1 atom stereocenters. The number of aromatic nitrogens is 1. The lowest BCUT2D eigenvalue weighted by Gasteiger charge is -2.39. The van der Waals surface area contributed by atoms with E-state index in [0.29, 0.717) is 24.4 Å². The van der Waals surface area contributed by atoms with Gasteiger partial charge >= 0.3 is 0 Å². The Morgan fingerprint density at radius 1 is 0.973 bits per heavy atom. The molecule has 0 radical (unpaired) electrons. The van der Waals surface area contributed by atoms with Crippen LogP contribution >= 0.6 is 0 Å². The Hall–Kier alpha value is -2.45. The molecule has 0 saturated carbocycles. The number of unbranched alkanes of at least 4 members (excludes halogenated alkanes) is 3. The number of benzene rings is 2. The second-order valence-corrected chi connectivity index (χ2v) is 16.0. The zero-order chi connectivity index (χ0) is 26.9. The summed E-state index contributed by atoms with van der Waals surface area (Å²) in [7, 11) is -2.08. The first-order valence-corrected chi connectivity index (χ1v) is 16.4. The lowest BCUT2D eigenvalue weighted by atomic mass is 10.0. The first-order valence-electron chi connectivity index (χ1n) is 13.4. The van der Waals surface area contributed by atoms with Gasteiger partial charge in [0.05, 0.1) is 11.6 Å². The maximum absolute atomic E-state index is 12.3. The summed E-state index contributed by atoms with van der Waals surface area (Å²) in [4.78, 5) is 15.3. The molecule has 3 aromatic rings. The van der Waals surface area contributed by atoms with Crippen molar-refractivity contribution < 1.29 is 14.3 Å². The van der Waals surface area contributed by atoms with Crippen molar-refractivity contribution in [2.24, 2.45) is 0 Å². The van der Waals surface area contributed by atoms with Crippen LogP contribution in [-0.2, 0) is 11.0 Å². The van der Waals surface area contributed by atoms with Gasteiger partial charge in [-0.05, 0) is 60.8 Å². The van der Waals surface area contributed by atoms with Gasteiger partial charge in [0.2, 0.25) is 5.56 Å². The van der Waals surface area contributed by atoms with Crippen LogP contribution in [0.3, 0.4) is 0 Å². The summed E-state index contributed by atoms with van der Waals surface area (Å²) in [6.45, 7) is 13.6. The highest BCUT2D eigenvalue weighted by atomic mass is 28.4. The Morgan fingerprint density at radius 2 is 1.70 bits per heavy atom. The lowest BCUT2D eigenvalue weighted by molar-refractivity contribution is 0.181. The fourth-order valence-electron chi connectivity index (χ4n) is 4.08. The zero-order valence-electron chi connectivity index (χ0n) is 23.1. The number of nitrogens with one attached hydrogen (secondary N) is 2. The monoisotopic (exact) mass is 524 g/mol. The Morgan fingerprint density at radius 3 is 2.41 bits per heavy atom. The number of rotatable bonds is 14. The zero-order valence-corrected chi connectivity index (χ0v) is 24.1. The smallest absolute Gasteiger partial charge is 0.248 e. The standard InChI is InChI=1S/C30H44N2O4Si/c1-30(2,3)37(4,5)36-27(21-31-19-11-6-7-12-20-33)24-15-17-26(29-25(24)16-18-28(34)32-29)35-22-23-13-9-8-10-14-23/h8-10,13-18,27,31,33H,6-7,11-12,19-22H2,1-5H3,(H,32,34)/t27-/m0/s1. The summed E-state index contributed by atoms with van der Waals surface area (Å²) < 4.78 is 13.1. The molecular weight excluding hydrogens is 480 g/mol. The molecule has 0 spiro atoms. The van der Waals surface area contributed by atoms with E-state index in [4.69, 9.17) is 14.3 Å². The predicted molar refractivity (Wildman–Crippen MR) is 155 cm³/mol. The molecule has 0 bridgehead atoms. The molecule has 2 aromatic carbocycles. The number of fused-ring (bicyclic) bond motifs is 1. The third-order valence-electron chi connectivity index (χ3n) is 7.31. The highest BCUT2D eigenvalue weighted by Gasteiger charge is 2.39. The van der Waals surface area contributed by atoms with Gasteiger partial charge in [-0.2, -0.15) is 0 Å². The van der Waals surface area contributed by atoms with E-state index >= 15 is 0 Å². The second kappa shape index (κ2) is 13.4.